The molecule has 11 heteroatoms. The molecule has 0 aliphatic carbocycles. The maximum atomic E-state index is 13.8. The van der Waals surface area contributed by atoms with Crippen molar-refractivity contribution in [2.75, 3.05) is 14.2 Å². The second-order valence-electron chi connectivity index (χ2n) is 10.2. The molecule has 5 aromatic rings. The Morgan fingerprint density at radius 3 is 2.54 bits per heavy atom. The zero-order chi connectivity index (χ0) is 27.6. The summed E-state index contributed by atoms with van der Waals surface area (Å²) in [5.41, 5.74) is 1.36. The monoisotopic (exact) mass is 529 g/mol. The van der Waals surface area contributed by atoms with Crippen molar-refractivity contribution in [3.63, 3.8) is 0 Å². The van der Waals surface area contributed by atoms with Gasteiger partial charge in [0.2, 0.25) is 0 Å². The number of hydrogen-bond donors (Lipinski definition) is 1. The highest BCUT2D eigenvalue weighted by Gasteiger charge is 2.34. The number of hydrogen-bond acceptors (Lipinski definition) is 9. The van der Waals surface area contributed by atoms with Crippen molar-refractivity contribution >= 4 is 10.9 Å². The Bertz CT molecular complexity index is 1600. The van der Waals surface area contributed by atoms with Gasteiger partial charge in [-0.25, -0.2) is 4.68 Å². The first-order valence-corrected chi connectivity index (χ1v) is 12.5. The lowest BCUT2D eigenvalue weighted by Crippen LogP contribution is -2.37. The van der Waals surface area contributed by atoms with Gasteiger partial charge in [0, 0.05) is 36.0 Å². The number of rotatable bonds is 9. The lowest BCUT2D eigenvalue weighted by Gasteiger charge is -2.32. The molecule has 0 bridgehead atoms. The molecule has 1 aromatic carbocycles. The number of methoxy groups -OCH3 is 2. The predicted molar refractivity (Wildman–Crippen MR) is 145 cm³/mol. The zero-order valence-corrected chi connectivity index (χ0v) is 22.6. The first-order chi connectivity index (χ1) is 18.8. The van der Waals surface area contributed by atoms with Gasteiger partial charge >= 0.3 is 0 Å². The number of H-pyrrole nitrogens is 1. The summed E-state index contributed by atoms with van der Waals surface area (Å²) in [6, 6.07) is 12.5. The van der Waals surface area contributed by atoms with Crippen LogP contribution in [0.1, 0.15) is 49.5 Å². The van der Waals surface area contributed by atoms with E-state index in [1.165, 1.54) is 0 Å². The maximum absolute atomic E-state index is 13.8. The maximum Gasteiger partial charge on any atom is 0.253 e. The molecule has 0 unspecified atom stereocenters. The van der Waals surface area contributed by atoms with E-state index in [1.807, 2.05) is 57.2 Å². The molecule has 0 saturated carbocycles. The Balaban J connectivity index is 1.74. The number of tetrazole rings is 1. The number of aromatic amines is 1. The van der Waals surface area contributed by atoms with Crippen molar-refractivity contribution in [3.05, 3.63) is 94.2 Å². The predicted octanol–water partition coefficient (Wildman–Crippen LogP) is 4.07. The average Bonchev–Trinajstić information content (AvgIpc) is 3.61. The largest absolute Gasteiger partial charge is 0.493 e. The fourth-order valence-electron chi connectivity index (χ4n) is 4.66. The number of nitrogens with one attached hydrogen (secondary N) is 1. The van der Waals surface area contributed by atoms with Gasteiger partial charge in [-0.2, -0.15) is 0 Å². The van der Waals surface area contributed by atoms with Crippen LogP contribution in [0.25, 0.3) is 10.9 Å². The van der Waals surface area contributed by atoms with Gasteiger partial charge in [-0.15, -0.1) is 5.10 Å². The summed E-state index contributed by atoms with van der Waals surface area (Å²) in [5, 5.41) is 13.6. The lowest BCUT2D eigenvalue weighted by molar-refractivity contribution is 0.171. The van der Waals surface area contributed by atoms with Gasteiger partial charge in [0.15, 0.2) is 17.3 Å². The highest BCUT2D eigenvalue weighted by atomic mass is 16.5. The molecule has 0 radical (unpaired) electrons. The molecule has 0 aliphatic rings. The standard InChI is InChI=1S/C28H31N7O4/c1-28(2,3)35-26(31-32-33-35)25(34(17-20-9-7-11-39-20)16-18-8-6-10-29-15-18)21-12-19-13-23(37-4)24(38-5)14-22(19)30-27(21)36/h6-15,25H,16-17H2,1-5H3,(H,30,36)/t25-/m0/s1. The van der Waals surface area contributed by atoms with Crippen LogP contribution in [0, 0.1) is 0 Å². The van der Waals surface area contributed by atoms with Gasteiger partial charge in [0.05, 0.1) is 38.1 Å². The van der Waals surface area contributed by atoms with Crippen LogP contribution in [0.2, 0.25) is 0 Å². The highest BCUT2D eigenvalue weighted by molar-refractivity contribution is 5.83. The van der Waals surface area contributed by atoms with E-state index in [2.05, 4.69) is 30.4 Å². The number of aromatic nitrogens is 6. The molecular weight excluding hydrogens is 498 g/mol. The molecule has 4 aromatic heterocycles. The van der Waals surface area contributed by atoms with E-state index in [1.54, 1.807) is 43.6 Å². The molecule has 1 N–H and O–H groups in total. The summed E-state index contributed by atoms with van der Waals surface area (Å²) in [5.74, 6) is 2.35. The highest BCUT2D eigenvalue weighted by Crippen LogP contribution is 2.35. The van der Waals surface area contributed by atoms with Crippen molar-refractivity contribution in [1.82, 2.24) is 35.1 Å². The number of benzene rings is 1. The Hall–Kier alpha value is -4.51. The summed E-state index contributed by atoms with van der Waals surface area (Å²) in [6.45, 7) is 6.91. The van der Waals surface area contributed by atoms with Crippen molar-refractivity contribution in [3.8, 4) is 11.5 Å². The molecule has 11 nitrogen and oxygen atoms in total. The van der Waals surface area contributed by atoms with E-state index in [0.29, 0.717) is 41.5 Å². The fourth-order valence-corrected chi connectivity index (χ4v) is 4.66. The van der Waals surface area contributed by atoms with E-state index < -0.39 is 11.6 Å². The van der Waals surface area contributed by atoms with E-state index in [0.717, 1.165) is 16.7 Å². The van der Waals surface area contributed by atoms with Gasteiger partial charge < -0.3 is 18.9 Å². The molecule has 202 valence electrons. The number of fused-ring (bicyclic) bond motifs is 1. The van der Waals surface area contributed by atoms with E-state index in [4.69, 9.17) is 13.9 Å². The molecule has 5 rings (SSSR count). The van der Waals surface area contributed by atoms with Gasteiger partial charge in [0.25, 0.3) is 5.56 Å². The molecule has 39 heavy (non-hydrogen) atoms. The summed E-state index contributed by atoms with van der Waals surface area (Å²) in [4.78, 5) is 23.2. The first kappa shape index (κ1) is 26.1. The number of furan rings is 1. The summed E-state index contributed by atoms with van der Waals surface area (Å²) in [7, 11) is 3.14. The minimum Gasteiger partial charge on any atom is -0.493 e. The van der Waals surface area contributed by atoms with E-state index in [-0.39, 0.29) is 5.56 Å². The van der Waals surface area contributed by atoms with E-state index >= 15 is 0 Å². The van der Waals surface area contributed by atoms with Crippen LogP contribution in [0.3, 0.4) is 0 Å². The summed E-state index contributed by atoms with van der Waals surface area (Å²) < 4.78 is 18.4. The van der Waals surface area contributed by atoms with Crippen molar-refractivity contribution in [1.29, 1.82) is 0 Å². The minimum absolute atomic E-state index is 0.265. The van der Waals surface area contributed by atoms with Crippen LogP contribution in [-0.4, -0.2) is 49.3 Å². The van der Waals surface area contributed by atoms with Gasteiger partial charge in [-0.05, 0) is 67.1 Å². The third-order valence-corrected chi connectivity index (χ3v) is 6.46. The molecule has 0 amide bonds. The zero-order valence-electron chi connectivity index (χ0n) is 22.6. The fraction of sp³-hybridized carbons (Fsp3) is 0.321. The molecule has 0 spiro atoms. The second-order valence-corrected chi connectivity index (χ2v) is 10.2. The van der Waals surface area contributed by atoms with Crippen LogP contribution in [-0.2, 0) is 18.6 Å². The van der Waals surface area contributed by atoms with Gasteiger partial charge in [-0.1, -0.05) is 6.07 Å². The third kappa shape index (κ3) is 5.39. The molecule has 4 heterocycles. The third-order valence-electron chi connectivity index (χ3n) is 6.46. The van der Waals surface area contributed by atoms with Crippen LogP contribution < -0.4 is 15.0 Å². The first-order valence-electron chi connectivity index (χ1n) is 12.5. The van der Waals surface area contributed by atoms with Crippen molar-refractivity contribution in [2.45, 2.75) is 45.4 Å². The Labute approximate surface area is 225 Å². The van der Waals surface area contributed by atoms with Crippen LogP contribution >= 0.6 is 0 Å². The molecular formula is C28H31N7O4. The second kappa shape index (κ2) is 10.7. The van der Waals surface area contributed by atoms with Crippen LogP contribution in [0.4, 0.5) is 0 Å². The van der Waals surface area contributed by atoms with Gasteiger partial charge in [-0.3, -0.25) is 14.7 Å². The molecule has 0 saturated heterocycles. The van der Waals surface area contributed by atoms with Crippen molar-refractivity contribution in [2.24, 2.45) is 0 Å². The van der Waals surface area contributed by atoms with E-state index in [9.17, 15) is 4.79 Å². The molecule has 0 aliphatic heterocycles. The van der Waals surface area contributed by atoms with Gasteiger partial charge in [0.1, 0.15) is 11.8 Å². The normalized spacial score (nSPS) is 12.7. The Morgan fingerprint density at radius 2 is 1.87 bits per heavy atom. The quantitative estimate of drug-likeness (QED) is 0.301. The average molecular weight is 530 g/mol. The van der Waals surface area contributed by atoms with Crippen molar-refractivity contribution < 1.29 is 13.9 Å². The Kier molecular flexibility index (Phi) is 7.16. The number of pyridine rings is 2. The topological polar surface area (TPSA) is 124 Å². The van der Waals surface area contributed by atoms with Crippen LogP contribution in [0.5, 0.6) is 11.5 Å². The molecule has 0 fully saturated rings. The number of nitrogens with zero attached hydrogens (tertiary/aromatic N) is 6. The Morgan fingerprint density at radius 1 is 1.08 bits per heavy atom. The molecule has 1 atom stereocenters. The summed E-state index contributed by atoms with van der Waals surface area (Å²) >= 11 is 0. The van der Waals surface area contributed by atoms with Crippen LogP contribution in [0.15, 0.2) is 70.3 Å². The SMILES string of the molecule is COc1cc2cc([C@@H](c3nnnn3C(C)(C)C)N(Cc3cccnc3)Cc3ccco3)c(=O)[nH]c2cc1OC. The number of ether oxygens (including phenoxy) is 2. The minimum atomic E-state index is -0.634. The lowest BCUT2D eigenvalue weighted by atomic mass is 10.0. The smallest absolute Gasteiger partial charge is 0.253 e. The summed E-state index contributed by atoms with van der Waals surface area (Å²) in [6.07, 6.45) is 5.17.